The van der Waals surface area contributed by atoms with Gasteiger partial charge in [0.05, 0.1) is 5.92 Å². The molecule has 1 aromatic rings. The van der Waals surface area contributed by atoms with Gasteiger partial charge in [0.25, 0.3) is 0 Å². The molecule has 1 rings (SSSR count). The van der Waals surface area contributed by atoms with Crippen LogP contribution in [0.2, 0.25) is 0 Å². The fraction of sp³-hybridized carbons (Fsp3) is 0.615. The molecule has 0 saturated heterocycles. The average molecular weight is 255 g/mol. The molecule has 0 aliphatic carbocycles. The summed E-state index contributed by atoms with van der Waals surface area (Å²) in [6, 6.07) is 2.05. The molecular weight excluding hydrogens is 234 g/mol. The molecule has 96 valence electrons. The highest BCUT2D eigenvalue weighted by molar-refractivity contribution is 7.10. The van der Waals surface area contributed by atoms with Crippen LogP contribution in [0.5, 0.6) is 0 Å². The molecular formula is C13H21NO2S. The topological polar surface area (TPSA) is 52.3 Å². The third-order valence-electron chi connectivity index (χ3n) is 2.33. The first-order chi connectivity index (χ1) is 7.83. The molecule has 0 aliphatic heterocycles. The Morgan fingerprint density at radius 1 is 1.53 bits per heavy atom. The maximum atomic E-state index is 11.9. The number of rotatable bonds is 4. The fourth-order valence-electron chi connectivity index (χ4n) is 1.42. The van der Waals surface area contributed by atoms with Crippen LogP contribution in [-0.2, 0) is 16.0 Å². The van der Waals surface area contributed by atoms with Crippen molar-refractivity contribution in [3.05, 3.63) is 21.9 Å². The second-order valence-corrected chi connectivity index (χ2v) is 6.14. The lowest BCUT2D eigenvalue weighted by Gasteiger charge is -2.21. The van der Waals surface area contributed by atoms with Crippen molar-refractivity contribution in [3.8, 4) is 0 Å². The number of esters is 1. The Hall–Kier alpha value is -0.870. The van der Waals surface area contributed by atoms with Crippen molar-refractivity contribution in [1.82, 2.24) is 0 Å². The Balaban J connectivity index is 2.68. The number of carbonyl (C=O) groups is 1. The van der Waals surface area contributed by atoms with Gasteiger partial charge in [0.15, 0.2) is 0 Å². The molecule has 0 bridgehead atoms. The van der Waals surface area contributed by atoms with Gasteiger partial charge in [-0.2, -0.15) is 0 Å². The van der Waals surface area contributed by atoms with E-state index in [0.29, 0.717) is 6.54 Å². The Morgan fingerprint density at radius 3 is 2.71 bits per heavy atom. The number of hydrogen-bond donors (Lipinski definition) is 1. The van der Waals surface area contributed by atoms with E-state index in [9.17, 15) is 4.79 Å². The van der Waals surface area contributed by atoms with E-state index in [4.69, 9.17) is 10.5 Å². The number of ether oxygens (including phenoxy) is 1. The van der Waals surface area contributed by atoms with Gasteiger partial charge in [0.2, 0.25) is 0 Å². The van der Waals surface area contributed by atoms with Crippen molar-refractivity contribution < 1.29 is 9.53 Å². The van der Waals surface area contributed by atoms with Crippen LogP contribution in [-0.4, -0.2) is 18.1 Å². The van der Waals surface area contributed by atoms with E-state index in [1.165, 1.54) is 4.88 Å². The third-order valence-corrected chi connectivity index (χ3v) is 3.34. The first-order valence-electron chi connectivity index (χ1n) is 5.83. The third kappa shape index (κ3) is 4.48. The molecule has 0 saturated carbocycles. The van der Waals surface area contributed by atoms with Crippen LogP contribution >= 0.6 is 11.3 Å². The molecule has 3 nitrogen and oxygen atoms in total. The van der Waals surface area contributed by atoms with Gasteiger partial charge in [-0.3, -0.25) is 4.79 Å². The summed E-state index contributed by atoms with van der Waals surface area (Å²) < 4.78 is 5.36. The van der Waals surface area contributed by atoms with Crippen LogP contribution in [0.25, 0.3) is 0 Å². The van der Waals surface area contributed by atoms with Gasteiger partial charge in [-0.15, -0.1) is 11.3 Å². The molecule has 1 heterocycles. The molecule has 2 N–H and O–H groups in total. The van der Waals surface area contributed by atoms with Crippen molar-refractivity contribution >= 4 is 17.3 Å². The van der Waals surface area contributed by atoms with Crippen molar-refractivity contribution in [3.63, 3.8) is 0 Å². The lowest BCUT2D eigenvalue weighted by Crippen LogP contribution is -2.26. The van der Waals surface area contributed by atoms with Crippen molar-refractivity contribution in [1.29, 1.82) is 0 Å². The van der Waals surface area contributed by atoms with Gasteiger partial charge in [-0.25, -0.2) is 0 Å². The summed E-state index contributed by atoms with van der Waals surface area (Å²) >= 11 is 1.65. The van der Waals surface area contributed by atoms with Crippen LogP contribution in [0.4, 0.5) is 0 Å². The van der Waals surface area contributed by atoms with Crippen molar-refractivity contribution in [2.24, 2.45) is 5.73 Å². The molecule has 0 radical (unpaired) electrons. The molecule has 0 aliphatic rings. The predicted octanol–water partition coefficient (Wildman–Crippen LogP) is 2.69. The summed E-state index contributed by atoms with van der Waals surface area (Å²) in [4.78, 5) is 13.1. The predicted molar refractivity (Wildman–Crippen MR) is 71.3 cm³/mol. The van der Waals surface area contributed by atoms with Gasteiger partial charge in [-0.05, 0) is 57.7 Å². The van der Waals surface area contributed by atoms with E-state index in [1.807, 2.05) is 39.1 Å². The highest BCUT2D eigenvalue weighted by atomic mass is 32.1. The van der Waals surface area contributed by atoms with E-state index in [2.05, 4.69) is 0 Å². The van der Waals surface area contributed by atoms with Crippen LogP contribution in [0, 0.1) is 0 Å². The smallest absolute Gasteiger partial charge is 0.313 e. The average Bonchev–Trinajstić information content (AvgIpc) is 2.63. The highest BCUT2D eigenvalue weighted by Gasteiger charge is 2.23. The minimum absolute atomic E-state index is 0.172. The van der Waals surface area contributed by atoms with Crippen molar-refractivity contribution in [2.45, 2.75) is 45.6 Å². The summed E-state index contributed by atoms with van der Waals surface area (Å²) in [6.45, 7) is 8.16. The highest BCUT2D eigenvalue weighted by Crippen LogP contribution is 2.25. The summed E-state index contributed by atoms with van der Waals surface area (Å²) in [5.74, 6) is -0.383. The summed E-state index contributed by atoms with van der Waals surface area (Å²) in [5.41, 5.74) is 6.10. The van der Waals surface area contributed by atoms with Gasteiger partial charge in [0, 0.05) is 4.88 Å². The molecule has 4 heteroatoms. The minimum Gasteiger partial charge on any atom is -0.460 e. The summed E-state index contributed by atoms with van der Waals surface area (Å²) in [5, 5.41) is 2.01. The first kappa shape index (κ1) is 14.2. The molecule has 0 fully saturated rings. The van der Waals surface area contributed by atoms with Crippen LogP contribution in [0.1, 0.15) is 44.1 Å². The Labute approximate surface area is 107 Å². The van der Waals surface area contributed by atoms with Gasteiger partial charge >= 0.3 is 5.97 Å². The molecule has 0 amide bonds. The lowest BCUT2D eigenvalue weighted by atomic mass is 10.0. The zero-order chi connectivity index (χ0) is 13.1. The Morgan fingerprint density at radius 2 is 2.18 bits per heavy atom. The maximum Gasteiger partial charge on any atom is 0.313 e. The number of thiophene rings is 1. The lowest BCUT2D eigenvalue weighted by molar-refractivity contribution is -0.156. The zero-order valence-corrected chi connectivity index (χ0v) is 11.8. The maximum absolute atomic E-state index is 11.9. The quantitative estimate of drug-likeness (QED) is 0.842. The van der Waals surface area contributed by atoms with Gasteiger partial charge in [0.1, 0.15) is 5.60 Å². The van der Waals surface area contributed by atoms with E-state index >= 15 is 0 Å². The second-order valence-electron chi connectivity index (χ2n) is 5.14. The normalized spacial score (nSPS) is 13.5. The SMILES string of the molecule is CC(C(=O)OC(C)(C)C)c1csc(CCN)c1. The van der Waals surface area contributed by atoms with Crippen LogP contribution in [0.3, 0.4) is 0 Å². The van der Waals surface area contributed by atoms with E-state index < -0.39 is 5.60 Å². The van der Waals surface area contributed by atoms with Gasteiger partial charge < -0.3 is 10.5 Å². The molecule has 0 spiro atoms. The zero-order valence-electron chi connectivity index (χ0n) is 10.9. The standard InChI is InChI=1S/C13H21NO2S/c1-9(12(15)16-13(2,3)4)10-7-11(5-6-14)17-8-10/h7-9H,5-6,14H2,1-4H3. The number of hydrogen-bond acceptors (Lipinski definition) is 4. The van der Waals surface area contributed by atoms with Crippen LogP contribution in [0.15, 0.2) is 11.4 Å². The summed E-state index contributed by atoms with van der Waals surface area (Å²) in [6.07, 6.45) is 0.867. The first-order valence-corrected chi connectivity index (χ1v) is 6.71. The Kier molecular flexibility index (Phi) is 4.71. The fourth-order valence-corrected chi connectivity index (χ4v) is 2.42. The summed E-state index contributed by atoms with van der Waals surface area (Å²) in [7, 11) is 0. The number of carbonyl (C=O) groups excluding carboxylic acids is 1. The van der Waals surface area contributed by atoms with E-state index in [1.54, 1.807) is 11.3 Å². The van der Waals surface area contributed by atoms with Crippen LogP contribution < -0.4 is 5.73 Å². The molecule has 17 heavy (non-hydrogen) atoms. The monoisotopic (exact) mass is 255 g/mol. The second kappa shape index (κ2) is 5.65. The Bertz CT molecular complexity index is 379. The van der Waals surface area contributed by atoms with Gasteiger partial charge in [-0.1, -0.05) is 0 Å². The molecule has 0 aromatic carbocycles. The van der Waals surface area contributed by atoms with E-state index in [0.717, 1.165) is 12.0 Å². The molecule has 1 unspecified atom stereocenters. The molecule has 1 atom stereocenters. The largest absolute Gasteiger partial charge is 0.460 e. The van der Waals surface area contributed by atoms with Crippen molar-refractivity contribution in [2.75, 3.05) is 6.54 Å². The number of nitrogens with two attached hydrogens (primary N) is 1. The minimum atomic E-state index is -0.429. The van der Waals surface area contributed by atoms with E-state index in [-0.39, 0.29) is 11.9 Å². The molecule has 1 aromatic heterocycles.